The van der Waals surface area contributed by atoms with Crippen molar-refractivity contribution in [3.8, 4) is 0 Å². The molecule has 0 aliphatic carbocycles. The van der Waals surface area contributed by atoms with Crippen molar-refractivity contribution >= 4 is 0 Å². The van der Waals surface area contributed by atoms with Gasteiger partial charge in [-0.1, -0.05) is 13.8 Å². The largest absolute Gasteiger partial charge is 0.368 e. The Hall–Kier alpha value is -1.04. The van der Waals surface area contributed by atoms with E-state index in [1.807, 2.05) is 13.0 Å². The molecule has 5 heteroatoms. The standard InChI is InChI=1S/C14H24N4O/c1-10(2)15-8-12-7-11(3)16-14(17-12)13-9-18(4)5-6-19-13/h7,10,13,15H,5-6,8-9H2,1-4H3. The average Bonchev–Trinajstić information content (AvgIpc) is 2.36. The third-order valence-electron chi connectivity index (χ3n) is 3.17. The van der Waals surface area contributed by atoms with E-state index in [1.165, 1.54) is 0 Å². The average molecular weight is 264 g/mol. The van der Waals surface area contributed by atoms with Crippen LogP contribution in [0.15, 0.2) is 6.07 Å². The molecule has 19 heavy (non-hydrogen) atoms. The molecule has 1 fully saturated rings. The molecule has 106 valence electrons. The smallest absolute Gasteiger partial charge is 0.158 e. The maximum absolute atomic E-state index is 5.78. The van der Waals surface area contributed by atoms with Gasteiger partial charge in [0, 0.05) is 31.4 Å². The Bertz CT molecular complexity index is 422. The number of hydrogen-bond donors (Lipinski definition) is 1. The van der Waals surface area contributed by atoms with Crippen molar-refractivity contribution in [3.05, 3.63) is 23.3 Å². The molecule has 1 atom stereocenters. The van der Waals surface area contributed by atoms with E-state index in [-0.39, 0.29) is 6.10 Å². The van der Waals surface area contributed by atoms with Gasteiger partial charge in [0.2, 0.25) is 0 Å². The van der Waals surface area contributed by atoms with Gasteiger partial charge in [-0.3, -0.25) is 0 Å². The molecule has 0 radical (unpaired) electrons. The van der Waals surface area contributed by atoms with Crippen LogP contribution in [0.4, 0.5) is 0 Å². The Labute approximate surface area is 115 Å². The molecule has 1 aliphatic heterocycles. The second kappa shape index (κ2) is 6.41. The Morgan fingerprint density at radius 3 is 2.95 bits per heavy atom. The maximum atomic E-state index is 5.78. The van der Waals surface area contributed by atoms with E-state index in [9.17, 15) is 0 Å². The summed E-state index contributed by atoms with van der Waals surface area (Å²) in [5.74, 6) is 0.812. The van der Waals surface area contributed by atoms with Crippen LogP contribution in [0.3, 0.4) is 0 Å². The van der Waals surface area contributed by atoms with Gasteiger partial charge in [0.1, 0.15) is 6.10 Å². The minimum Gasteiger partial charge on any atom is -0.368 e. The third kappa shape index (κ3) is 4.23. The summed E-state index contributed by atoms with van der Waals surface area (Å²) in [5.41, 5.74) is 2.04. The van der Waals surface area contributed by atoms with Gasteiger partial charge < -0.3 is 15.0 Å². The monoisotopic (exact) mass is 264 g/mol. The second-order valence-corrected chi connectivity index (χ2v) is 5.52. The van der Waals surface area contributed by atoms with E-state index in [1.54, 1.807) is 0 Å². The van der Waals surface area contributed by atoms with Gasteiger partial charge in [0.25, 0.3) is 0 Å². The van der Waals surface area contributed by atoms with Crippen LogP contribution in [0.1, 0.15) is 37.2 Å². The molecule has 0 aromatic carbocycles. The summed E-state index contributed by atoms with van der Waals surface area (Å²) in [6.45, 7) is 9.64. The van der Waals surface area contributed by atoms with Gasteiger partial charge in [-0.2, -0.15) is 0 Å². The Kier molecular flexibility index (Phi) is 4.85. The normalized spacial score (nSPS) is 21.0. The fourth-order valence-corrected chi connectivity index (χ4v) is 2.14. The van der Waals surface area contributed by atoms with Crippen LogP contribution in [0.2, 0.25) is 0 Å². The molecule has 0 bridgehead atoms. The van der Waals surface area contributed by atoms with Crippen molar-refractivity contribution < 1.29 is 4.74 Å². The summed E-state index contributed by atoms with van der Waals surface area (Å²) in [6.07, 6.45) is -0.00329. The number of morpholine rings is 1. The van der Waals surface area contributed by atoms with Crippen molar-refractivity contribution in [1.29, 1.82) is 0 Å². The van der Waals surface area contributed by atoms with Crippen LogP contribution in [0, 0.1) is 6.92 Å². The van der Waals surface area contributed by atoms with Crippen LogP contribution in [-0.4, -0.2) is 47.7 Å². The van der Waals surface area contributed by atoms with E-state index in [0.717, 1.165) is 43.5 Å². The van der Waals surface area contributed by atoms with Crippen molar-refractivity contribution in [3.63, 3.8) is 0 Å². The topological polar surface area (TPSA) is 50.3 Å². The van der Waals surface area contributed by atoms with Gasteiger partial charge >= 0.3 is 0 Å². The molecular weight excluding hydrogens is 240 g/mol. The van der Waals surface area contributed by atoms with E-state index in [4.69, 9.17) is 4.74 Å². The number of nitrogens with one attached hydrogen (secondary N) is 1. The number of ether oxygens (including phenoxy) is 1. The first-order chi connectivity index (χ1) is 9.04. The Morgan fingerprint density at radius 1 is 1.47 bits per heavy atom. The first-order valence-electron chi connectivity index (χ1n) is 6.92. The molecule has 1 aromatic heterocycles. The van der Waals surface area contributed by atoms with Crippen molar-refractivity contribution in [1.82, 2.24) is 20.2 Å². The minimum absolute atomic E-state index is 0.00329. The highest BCUT2D eigenvalue weighted by molar-refractivity contribution is 5.12. The lowest BCUT2D eigenvalue weighted by Gasteiger charge is -2.29. The molecular formula is C14H24N4O. The van der Waals surface area contributed by atoms with Gasteiger partial charge in [-0.15, -0.1) is 0 Å². The number of rotatable bonds is 4. The molecule has 2 heterocycles. The summed E-state index contributed by atoms with van der Waals surface area (Å²) in [6, 6.07) is 2.49. The highest BCUT2D eigenvalue weighted by Crippen LogP contribution is 2.18. The number of nitrogens with zero attached hydrogens (tertiary/aromatic N) is 3. The number of hydrogen-bond acceptors (Lipinski definition) is 5. The summed E-state index contributed by atoms with van der Waals surface area (Å²) < 4.78 is 5.78. The molecule has 2 rings (SSSR count). The molecule has 1 aromatic rings. The first-order valence-corrected chi connectivity index (χ1v) is 6.92. The zero-order chi connectivity index (χ0) is 13.8. The van der Waals surface area contributed by atoms with E-state index in [0.29, 0.717) is 6.04 Å². The first kappa shape index (κ1) is 14.4. The molecule has 0 spiro atoms. The van der Waals surface area contributed by atoms with Crippen LogP contribution < -0.4 is 5.32 Å². The van der Waals surface area contributed by atoms with Crippen LogP contribution >= 0.6 is 0 Å². The van der Waals surface area contributed by atoms with E-state index >= 15 is 0 Å². The highest BCUT2D eigenvalue weighted by Gasteiger charge is 2.22. The van der Waals surface area contributed by atoms with Gasteiger partial charge in [0.15, 0.2) is 5.82 Å². The van der Waals surface area contributed by atoms with Crippen LogP contribution in [0.25, 0.3) is 0 Å². The summed E-state index contributed by atoms with van der Waals surface area (Å²) in [5, 5.41) is 3.39. The zero-order valence-electron chi connectivity index (χ0n) is 12.3. The van der Waals surface area contributed by atoms with Crippen molar-refractivity contribution in [2.45, 2.75) is 39.5 Å². The lowest BCUT2D eigenvalue weighted by atomic mass is 10.2. The summed E-state index contributed by atoms with van der Waals surface area (Å²) in [4.78, 5) is 11.4. The van der Waals surface area contributed by atoms with Crippen molar-refractivity contribution in [2.24, 2.45) is 0 Å². The predicted octanol–water partition coefficient (Wildman–Crippen LogP) is 1.29. The van der Waals surface area contributed by atoms with Gasteiger partial charge in [-0.05, 0) is 20.0 Å². The molecule has 1 saturated heterocycles. The summed E-state index contributed by atoms with van der Waals surface area (Å²) >= 11 is 0. The van der Waals surface area contributed by atoms with E-state index < -0.39 is 0 Å². The minimum atomic E-state index is -0.00329. The Morgan fingerprint density at radius 2 is 2.26 bits per heavy atom. The maximum Gasteiger partial charge on any atom is 0.158 e. The highest BCUT2D eigenvalue weighted by atomic mass is 16.5. The Balaban J connectivity index is 2.11. The fourth-order valence-electron chi connectivity index (χ4n) is 2.14. The molecule has 0 amide bonds. The van der Waals surface area contributed by atoms with Gasteiger partial charge in [0.05, 0.1) is 12.3 Å². The lowest BCUT2D eigenvalue weighted by Crippen LogP contribution is -2.36. The molecule has 5 nitrogen and oxygen atoms in total. The molecule has 1 aliphatic rings. The fraction of sp³-hybridized carbons (Fsp3) is 0.714. The number of aromatic nitrogens is 2. The summed E-state index contributed by atoms with van der Waals surface area (Å²) in [7, 11) is 2.10. The third-order valence-corrected chi connectivity index (χ3v) is 3.17. The quantitative estimate of drug-likeness (QED) is 0.888. The lowest BCUT2D eigenvalue weighted by molar-refractivity contribution is -0.0256. The number of aryl methyl sites for hydroxylation is 1. The van der Waals surface area contributed by atoms with Crippen molar-refractivity contribution in [2.75, 3.05) is 26.7 Å². The molecule has 1 unspecified atom stereocenters. The molecule has 0 saturated carbocycles. The zero-order valence-corrected chi connectivity index (χ0v) is 12.3. The SMILES string of the molecule is Cc1cc(CNC(C)C)nc(C2CN(C)CCO2)n1. The predicted molar refractivity (Wildman–Crippen MR) is 74.9 cm³/mol. The van der Waals surface area contributed by atoms with Gasteiger partial charge in [-0.25, -0.2) is 9.97 Å². The van der Waals surface area contributed by atoms with Crippen LogP contribution in [0.5, 0.6) is 0 Å². The number of likely N-dealkylation sites (N-methyl/N-ethyl adjacent to an activating group) is 1. The second-order valence-electron chi connectivity index (χ2n) is 5.52. The molecule has 1 N–H and O–H groups in total. The van der Waals surface area contributed by atoms with E-state index in [2.05, 4.69) is 41.1 Å². The van der Waals surface area contributed by atoms with Crippen LogP contribution in [-0.2, 0) is 11.3 Å².